The average molecular weight is 547 g/mol. The number of morpholine rings is 1. The van der Waals surface area contributed by atoms with Gasteiger partial charge >= 0.3 is 0 Å². The number of anilines is 1. The van der Waals surface area contributed by atoms with E-state index in [0.717, 1.165) is 74.7 Å². The molecule has 2 aromatic heterocycles. The van der Waals surface area contributed by atoms with Gasteiger partial charge in [-0.3, -0.25) is 9.88 Å². The summed E-state index contributed by atoms with van der Waals surface area (Å²) in [5, 5.41) is 8.06. The molecular formula is C26H32F2N6O3S. The van der Waals surface area contributed by atoms with Crippen LogP contribution in [0.1, 0.15) is 31.7 Å². The highest BCUT2D eigenvalue weighted by Crippen LogP contribution is 2.28. The van der Waals surface area contributed by atoms with E-state index >= 15 is 4.39 Å². The van der Waals surface area contributed by atoms with Gasteiger partial charge in [-0.2, -0.15) is 0 Å². The number of hydrogen-bond donors (Lipinski definition) is 0. The highest BCUT2D eigenvalue weighted by molar-refractivity contribution is 7.90. The Labute approximate surface area is 221 Å². The first-order valence-electron chi connectivity index (χ1n) is 13.0. The monoisotopic (exact) mass is 546 g/mol. The molecule has 38 heavy (non-hydrogen) atoms. The first-order valence-corrected chi connectivity index (χ1v) is 14.8. The second-order valence-electron chi connectivity index (χ2n) is 9.81. The molecule has 0 aliphatic carbocycles. The summed E-state index contributed by atoms with van der Waals surface area (Å²) < 4.78 is 60.9. The Bertz CT molecular complexity index is 1370. The largest absolute Gasteiger partial charge is 0.379 e. The predicted molar refractivity (Wildman–Crippen MR) is 140 cm³/mol. The van der Waals surface area contributed by atoms with Crippen molar-refractivity contribution in [1.82, 2.24) is 24.9 Å². The molecule has 0 saturated carbocycles. The van der Waals surface area contributed by atoms with Crippen LogP contribution < -0.4 is 4.90 Å². The molecule has 1 aromatic carbocycles. The summed E-state index contributed by atoms with van der Waals surface area (Å²) in [4.78, 5) is 9.18. The zero-order chi connectivity index (χ0) is 26.7. The number of benzene rings is 1. The zero-order valence-electron chi connectivity index (χ0n) is 21.4. The summed E-state index contributed by atoms with van der Waals surface area (Å²) in [6.07, 6.45) is 7.41. The number of halogens is 2. The van der Waals surface area contributed by atoms with Crippen LogP contribution in [-0.2, 0) is 20.3 Å². The van der Waals surface area contributed by atoms with E-state index in [-0.39, 0.29) is 11.3 Å². The Balaban J connectivity index is 1.33. The second kappa shape index (κ2) is 11.4. The molecule has 9 nitrogen and oxygen atoms in total. The maximum absolute atomic E-state index is 15.3. The van der Waals surface area contributed by atoms with Gasteiger partial charge in [0.05, 0.1) is 42.8 Å². The number of ether oxygens (including phenoxy) is 1. The van der Waals surface area contributed by atoms with Crippen LogP contribution in [0.4, 0.5) is 14.5 Å². The molecule has 4 heterocycles. The van der Waals surface area contributed by atoms with Crippen molar-refractivity contribution in [2.24, 2.45) is 0 Å². The van der Waals surface area contributed by atoms with Crippen LogP contribution in [0.2, 0.25) is 0 Å². The van der Waals surface area contributed by atoms with Gasteiger partial charge in [-0.1, -0.05) is 18.2 Å². The van der Waals surface area contributed by atoms with E-state index in [9.17, 15) is 12.8 Å². The maximum Gasteiger partial charge on any atom is 0.156 e. The standard InChI is InChI=1S/C26H32F2N6O3S/c1-2-13-38(35,36)18-19-3-4-23(27)26(25(19)28)34-17-24(30-31-34)20-14-22(16-29-15-20)32-7-5-21(6-8-32)33-9-11-37-12-10-33/h3-4,14-17,21H,2,5-13,18H2,1H3. The number of pyridine rings is 1. The smallest absolute Gasteiger partial charge is 0.156 e. The third-order valence-corrected chi connectivity index (χ3v) is 8.95. The fraction of sp³-hybridized carbons (Fsp3) is 0.500. The lowest BCUT2D eigenvalue weighted by Crippen LogP contribution is -2.49. The van der Waals surface area contributed by atoms with E-state index in [1.54, 1.807) is 13.1 Å². The van der Waals surface area contributed by atoms with E-state index in [2.05, 4.69) is 25.1 Å². The van der Waals surface area contributed by atoms with Crippen LogP contribution in [0.15, 0.2) is 36.8 Å². The van der Waals surface area contributed by atoms with E-state index in [1.165, 1.54) is 6.20 Å². The minimum atomic E-state index is -3.51. The number of sulfone groups is 1. The van der Waals surface area contributed by atoms with Crippen molar-refractivity contribution in [3.05, 3.63) is 54.0 Å². The molecule has 0 unspecified atom stereocenters. The van der Waals surface area contributed by atoms with Crippen LogP contribution in [0.25, 0.3) is 16.9 Å². The lowest BCUT2D eigenvalue weighted by atomic mass is 10.0. The van der Waals surface area contributed by atoms with Crippen molar-refractivity contribution < 1.29 is 21.9 Å². The van der Waals surface area contributed by atoms with Gasteiger partial charge in [-0.15, -0.1) is 5.10 Å². The van der Waals surface area contributed by atoms with E-state index < -0.39 is 32.9 Å². The molecule has 5 rings (SSSR count). The van der Waals surface area contributed by atoms with Gasteiger partial charge in [-0.05, 0) is 31.4 Å². The van der Waals surface area contributed by atoms with E-state index in [1.807, 2.05) is 12.3 Å². The molecule has 0 spiro atoms. The normalized spacial score (nSPS) is 17.7. The molecule has 204 valence electrons. The zero-order valence-corrected chi connectivity index (χ0v) is 22.2. The Hall–Kier alpha value is -2.96. The van der Waals surface area contributed by atoms with Crippen LogP contribution >= 0.6 is 0 Å². The van der Waals surface area contributed by atoms with Crippen molar-refractivity contribution in [3.8, 4) is 16.9 Å². The molecule has 2 aliphatic heterocycles. The van der Waals surface area contributed by atoms with Crippen molar-refractivity contribution in [1.29, 1.82) is 0 Å². The molecule has 12 heteroatoms. The van der Waals surface area contributed by atoms with Crippen molar-refractivity contribution in [3.63, 3.8) is 0 Å². The van der Waals surface area contributed by atoms with Crippen LogP contribution in [0, 0.1) is 11.6 Å². The number of nitrogens with zero attached hydrogens (tertiary/aromatic N) is 6. The van der Waals surface area contributed by atoms with Crippen molar-refractivity contribution in [2.75, 3.05) is 50.0 Å². The van der Waals surface area contributed by atoms with Gasteiger partial charge in [0.2, 0.25) is 0 Å². The van der Waals surface area contributed by atoms with Crippen LogP contribution in [0.3, 0.4) is 0 Å². The number of rotatable bonds is 8. The molecule has 0 N–H and O–H groups in total. The summed E-state index contributed by atoms with van der Waals surface area (Å²) in [6, 6.07) is 4.73. The highest BCUT2D eigenvalue weighted by Gasteiger charge is 2.26. The lowest BCUT2D eigenvalue weighted by molar-refractivity contribution is 0.0115. The summed E-state index contributed by atoms with van der Waals surface area (Å²) in [5.74, 6) is -2.39. The first-order chi connectivity index (χ1) is 18.3. The van der Waals surface area contributed by atoms with Gasteiger partial charge < -0.3 is 9.64 Å². The Kier molecular flexibility index (Phi) is 8.01. The third-order valence-electron chi connectivity index (χ3n) is 7.17. The SMILES string of the molecule is CCCS(=O)(=O)Cc1ccc(F)c(-n2cc(-c3cncc(N4CCC(N5CCOCC5)CC4)c3)nn2)c1F. The van der Waals surface area contributed by atoms with E-state index in [0.29, 0.717) is 23.7 Å². The fourth-order valence-corrected chi connectivity index (χ4v) is 6.67. The third kappa shape index (κ3) is 5.87. The molecule has 2 fully saturated rings. The summed E-state index contributed by atoms with van der Waals surface area (Å²) in [7, 11) is -3.51. The maximum atomic E-state index is 15.3. The van der Waals surface area contributed by atoms with Gasteiger partial charge in [0.25, 0.3) is 0 Å². The fourth-order valence-electron chi connectivity index (χ4n) is 5.20. The van der Waals surface area contributed by atoms with Crippen molar-refractivity contribution >= 4 is 15.5 Å². The van der Waals surface area contributed by atoms with E-state index in [4.69, 9.17) is 4.74 Å². The quantitative estimate of drug-likeness (QED) is 0.425. The Morgan fingerprint density at radius 3 is 2.58 bits per heavy atom. The van der Waals surface area contributed by atoms with Crippen molar-refractivity contribution in [2.45, 2.75) is 38.0 Å². The summed E-state index contributed by atoms with van der Waals surface area (Å²) in [6.45, 7) is 7.10. The highest BCUT2D eigenvalue weighted by atomic mass is 32.2. The van der Waals surface area contributed by atoms with Gasteiger partial charge in [0.15, 0.2) is 21.5 Å². The number of hydrogen-bond acceptors (Lipinski definition) is 8. The molecule has 0 atom stereocenters. The van der Waals surface area contributed by atoms with Gasteiger partial charge in [0.1, 0.15) is 11.4 Å². The second-order valence-corrected chi connectivity index (χ2v) is 12.0. The minimum absolute atomic E-state index is 0.0686. The van der Waals surface area contributed by atoms with Crippen LogP contribution in [-0.4, -0.2) is 84.5 Å². The predicted octanol–water partition coefficient (Wildman–Crippen LogP) is 3.23. The first kappa shape index (κ1) is 26.6. The molecule has 3 aromatic rings. The summed E-state index contributed by atoms with van der Waals surface area (Å²) >= 11 is 0. The van der Waals surface area contributed by atoms with Gasteiger partial charge in [0, 0.05) is 49.5 Å². The Morgan fingerprint density at radius 2 is 1.84 bits per heavy atom. The molecule has 0 bridgehead atoms. The topological polar surface area (TPSA) is 93.5 Å². The molecular weight excluding hydrogens is 514 g/mol. The molecule has 2 aliphatic rings. The number of aromatic nitrogens is 4. The molecule has 0 amide bonds. The Morgan fingerprint density at radius 1 is 1.08 bits per heavy atom. The number of piperidine rings is 1. The minimum Gasteiger partial charge on any atom is -0.379 e. The van der Waals surface area contributed by atoms with Crippen LogP contribution in [0.5, 0.6) is 0 Å². The van der Waals surface area contributed by atoms with Gasteiger partial charge in [-0.25, -0.2) is 21.9 Å². The molecule has 0 radical (unpaired) electrons. The average Bonchev–Trinajstić information content (AvgIpc) is 3.41. The summed E-state index contributed by atoms with van der Waals surface area (Å²) in [5.41, 5.74) is 1.48. The molecule has 2 saturated heterocycles. The lowest BCUT2D eigenvalue weighted by Gasteiger charge is -2.40.